The summed E-state index contributed by atoms with van der Waals surface area (Å²) in [6.45, 7) is 0. The molecule has 0 spiro atoms. The first kappa shape index (κ1) is 15.1. The Morgan fingerprint density at radius 2 is 2.09 bits per heavy atom. The number of hydrogen-bond acceptors (Lipinski definition) is 4. The van der Waals surface area contributed by atoms with Crippen LogP contribution < -0.4 is 0 Å². The van der Waals surface area contributed by atoms with Crippen LogP contribution >= 0.6 is 11.3 Å². The normalized spacial score (nSPS) is 12.4. The standard InChI is InChI=1S/C15H14FN3OS2/c16-13-5-3-12(4-6-13)14-10-21-15(19-14)22(20)7-1-2-11-8-17-18-9-11/h3-6,8-10H,1-2,7H2,(H,17,18)/t22-/m1/s1. The van der Waals surface area contributed by atoms with Crippen molar-refractivity contribution in [2.75, 3.05) is 5.75 Å². The molecule has 114 valence electrons. The third kappa shape index (κ3) is 3.66. The topological polar surface area (TPSA) is 58.6 Å². The van der Waals surface area contributed by atoms with Gasteiger partial charge in [-0.3, -0.25) is 9.31 Å². The molecule has 0 saturated carbocycles. The van der Waals surface area contributed by atoms with Crippen molar-refractivity contribution in [2.24, 2.45) is 0 Å². The van der Waals surface area contributed by atoms with Crippen LogP contribution in [-0.4, -0.2) is 25.1 Å². The number of H-pyrrole nitrogens is 1. The maximum atomic E-state index is 12.9. The van der Waals surface area contributed by atoms with Crippen molar-refractivity contribution in [3.8, 4) is 11.3 Å². The SMILES string of the molecule is O=[S@](CCCc1cn[nH]c1)c1nc(-c2ccc(F)cc2)cs1. The Hall–Kier alpha value is -1.86. The predicted octanol–water partition coefficient (Wildman–Crippen LogP) is 3.41. The van der Waals surface area contributed by atoms with Gasteiger partial charge in [0, 0.05) is 22.9 Å². The van der Waals surface area contributed by atoms with Crippen molar-refractivity contribution in [1.82, 2.24) is 15.2 Å². The highest BCUT2D eigenvalue weighted by atomic mass is 32.2. The van der Waals surface area contributed by atoms with E-state index in [1.807, 2.05) is 11.6 Å². The Labute approximate surface area is 133 Å². The zero-order valence-electron chi connectivity index (χ0n) is 11.7. The molecule has 3 rings (SSSR count). The summed E-state index contributed by atoms with van der Waals surface area (Å²) in [5.41, 5.74) is 2.69. The quantitative estimate of drug-likeness (QED) is 0.751. The van der Waals surface area contributed by atoms with Crippen LogP contribution in [0, 0.1) is 5.82 Å². The number of aryl methyl sites for hydroxylation is 1. The summed E-state index contributed by atoms with van der Waals surface area (Å²) in [6, 6.07) is 6.15. The van der Waals surface area contributed by atoms with Crippen molar-refractivity contribution in [1.29, 1.82) is 0 Å². The van der Waals surface area contributed by atoms with E-state index in [0.717, 1.165) is 29.7 Å². The minimum absolute atomic E-state index is 0.276. The van der Waals surface area contributed by atoms with Crippen LogP contribution in [0.4, 0.5) is 4.39 Å². The minimum Gasteiger partial charge on any atom is -0.285 e. The Bertz CT molecular complexity index is 753. The van der Waals surface area contributed by atoms with Gasteiger partial charge in [0.05, 0.1) is 22.7 Å². The molecule has 2 aromatic heterocycles. The van der Waals surface area contributed by atoms with Crippen molar-refractivity contribution in [2.45, 2.75) is 17.2 Å². The molecule has 0 amide bonds. The summed E-state index contributed by atoms with van der Waals surface area (Å²) in [5.74, 6) is 0.295. The van der Waals surface area contributed by atoms with E-state index >= 15 is 0 Å². The Morgan fingerprint density at radius 1 is 1.27 bits per heavy atom. The zero-order valence-corrected chi connectivity index (χ0v) is 13.3. The molecule has 0 radical (unpaired) electrons. The number of benzene rings is 1. The molecule has 22 heavy (non-hydrogen) atoms. The lowest BCUT2D eigenvalue weighted by molar-refractivity contribution is 0.628. The van der Waals surface area contributed by atoms with E-state index in [9.17, 15) is 8.60 Å². The monoisotopic (exact) mass is 335 g/mol. The predicted molar refractivity (Wildman–Crippen MR) is 85.7 cm³/mol. The smallest absolute Gasteiger partial charge is 0.181 e. The maximum Gasteiger partial charge on any atom is 0.181 e. The lowest BCUT2D eigenvalue weighted by atomic mass is 10.2. The van der Waals surface area contributed by atoms with Gasteiger partial charge in [0.25, 0.3) is 0 Å². The number of rotatable bonds is 6. The summed E-state index contributed by atoms with van der Waals surface area (Å²) >= 11 is 1.38. The molecule has 0 aliphatic rings. The molecule has 0 saturated heterocycles. The van der Waals surface area contributed by atoms with E-state index in [1.165, 1.54) is 23.5 Å². The van der Waals surface area contributed by atoms with Crippen LogP contribution in [0.15, 0.2) is 46.4 Å². The van der Waals surface area contributed by atoms with E-state index in [-0.39, 0.29) is 5.82 Å². The summed E-state index contributed by atoms with van der Waals surface area (Å²) in [6.07, 6.45) is 5.29. The largest absolute Gasteiger partial charge is 0.285 e. The van der Waals surface area contributed by atoms with Crippen LogP contribution in [0.1, 0.15) is 12.0 Å². The van der Waals surface area contributed by atoms with Gasteiger partial charge in [-0.25, -0.2) is 9.37 Å². The number of nitrogens with one attached hydrogen (secondary N) is 1. The van der Waals surface area contributed by atoms with Crippen molar-refractivity contribution in [3.05, 3.63) is 53.4 Å². The molecule has 1 aromatic carbocycles. The van der Waals surface area contributed by atoms with E-state index < -0.39 is 10.8 Å². The summed E-state index contributed by atoms with van der Waals surface area (Å²) in [5, 5.41) is 8.50. The average Bonchev–Trinajstić information content (AvgIpc) is 3.19. The molecule has 0 unspecified atom stereocenters. The van der Waals surface area contributed by atoms with Gasteiger partial charge in [-0.1, -0.05) is 0 Å². The molecule has 3 aromatic rings. The van der Waals surface area contributed by atoms with Crippen LogP contribution in [-0.2, 0) is 17.2 Å². The number of aromatic amines is 1. The van der Waals surface area contributed by atoms with Gasteiger partial charge in [-0.15, -0.1) is 11.3 Å². The first-order chi connectivity index (χ1) is 10.7. The van der Waals surface area contributed by atoms with Crippen LogP contribution in [0.2, 0.25) is 0 Å². The third-order valence-electron chi connectivity index (χ3n) is 3.17. The van der Waals surface area contributed by atoms with E-state index in [2.05, 4.69) is 15.2 Å². The molecule has 0 aliphatic heterocycles. The van der Waals surface area contributed by atoms with Gasteiger partial charge in [0.15, 0.2) is 4.34 Å². The van der Waals surface area contributed by atoms with Crippen LogP contribution in [0.25, 0.3) is 11.3 Å². The fourth-order valence-electron chi connectivity index (χ4n) is 2.02. The molecular formula is C15H14FN3OS2. The number of nitrogens with zero attached hydrogens (tertiary/aromatic N) is 2. The van der Waals surface area contributed by atoms with E-state index in [0.29, 0.717) is 10.1 Å². The molecule has 4 nitrogen and oxygen atoms in total. The lowest BCUT2D eigenvalue weighted by Gasteiger charge is -1.98. The second kappa shape index (κ2) is 6.93. The average molecular weight is 335 g/mol. The fourth-order valence-corrected chi connectivity index (χ4v) is 4.18. The van der Waals surface area contributed by atoms with Gasteiger partial charge >= 0.3 is 0 Å². The van der Waals surface area contributed by atoms with Crippen LogP contribution in [0.5, 0.6) is 0 Å². The molecule has 0 bridgehead atoms. The maximum absolute atomic E-state index is 12.9. The Morgan fingerprint density at radius 3 is 2.82 bits per heavy atom. The number of hydrogen-bond donors (Lipinski definition) is 1. The second-order valence-corrected chi connectivity index (χ2v) is 7.37. The third-order valence-corrected chi connectivity index (χ3v) is 5.79. The summed E-state index contributed by atoms with van der Waals surface area (Å²) < 4.78 is 25.8. The Kier molecular flexibility index (Phi) is 4.74. The highest BCUT2D eigenvalue weighted by Gasteiger charge is 2.11. The number of halogens is 1. The van der Waals surface area contributed by atoms with Gasteiger partial charge in [-0.05, 0) is 42.7 Å². The minimum atomic E-state index is -1.10. The Balaban J connectivity index is 1.60. The van der Waals surface area contributed by atoms with Crippen molar-refractivity contribution >= 4 is 22.1 Å². The van der Waals surface area contributed by atoms with Crippen molar-refractivity contribution in [3.63, 3.8) is 0 Å². The van der Waals surface area contributed by atoms with Gasteiger partial charge < -0.3 is 0 Å². The molecule has 0 aliphatic carbocycles. The lowest BCUT2D eigenvalue weighted by Crippen LogP contribution is -1.99. The highest BCUT2D eigenvalue weighted by Crippen LogP contribution is 2.24. The first-order valence-corrected chi connectivity index (χ1v) is 9.00. The number of aromatic nitrogens is 3. The molecule has 1 N–H and O–H groups in total. The molecule has 0 fully saturated rings. The summed E-state index contributed by atoms with van der Waals surface area (Å²) in [4.78, 5) is 4.40. The first-order valence-electron chi connectivity index (χ1n) is 6.80. The highest BCUT2D eigenvalue weighted by molar-refractivity contribution is 7.87. The van der Waals surface area contributed by atoms with E-state index in [4.69, 9.17) is 0 Å². The fraction of sp³-hybridized carbons (Fsp3) is 0.200. The molecule has 7 heteroatoms. The van der Waals surface area contributed by atoms with E-state index in [1.54, 1.807) is 18.3 Å². The number of thiazole rings is 1. The van der Waals surface area contributed by atoms with Gasteiger partial charge in [-0.2, -0.15) is 5.10 Å². The van der Waals surface area contributed by atoms with Gasteiger partial charge in [0.2, 0.25) is 0 Å². The van der Waals surface area contributed by atoms with Crippen LogP contribution in [0.3, 0.4) is 0 Å². The van der Waals surface area contributed by atoms with Crippen molar-refractivity contribution < 1.29 is 8.60 Å². The molecular weight excluding hydrogens is 321 g/mol. The zero-order chi connectivity index (χ0) is 15.4. The molecule has 1 atom stereocenters. The van der Waals surface area contributed by atoms with Gasteiger partial charge in [0.1, 0.15) is 5.82 Å². The summed E-state index contributed by atoms with van der Waals surface area (Å²) in [7, 11) is -1.10. The molecule has 2 heterocycles. The second-order valence-electron chi connectivity index (χ2n) is 4.77.